The highest BCUT2D eigenvalue weighted by molar-refractivity contribution is 7.91. The Morgan fingerprint density at radius 1 is 1.35 bits per heavy atom. The van der Waals surface area contributed by atoms with Crippen LogP contribution in [0, 0.1) is 0 Å². The molecule has 1 aromatic carbocycles. The molecule has 0 unspecified atom stereocenters. The molecule has 0 saturated carbocycles. The van der Waals surface area contributed by atoms with Gasteiger partial charge in [0.1, 0.15) is 0 Å². The summed E-state index contributed by atoms with van der Waals surface area (Å²) < 4.78 is 24.4. The Bertz CT molecular complexity index is 591. The largest absolute Gasteiger partial charge is 0.286 e. The quantitative estimate of drug-likeness (QED) is 0.496. The van der Waals surface area contributed by atoms with Crippen LogP contribution in [0.1, 0.15) is 25.3 Å². The van der Waals surface area contributed by atoms with Crippen LogP contribution in [0.5, 0.6) is 0 Å². The van der Waals surface area contributed by atoms with Crippen molar-refractivity contribution in [2.24, 2.45) is 0 Å². The maximum atomic E-state index is 12.2. The molecule has 0 radical (unpaired) electrons. The molecule has 1 amide bonds. The van der Waals surface area contributed by atoms with E-state index in [4.69, 9.17) is 5.21 Å². The highest BCUT2D eigenvalue weighted by Crippen LogP contribution is 2.19. The fourth-order valence-corrected chi connectivity index (χ4v) is 3.28. The first-order valence-corrected chi connectivity index (χ1v) is 8.00. The Morgan fingerprint density at radius 2 is 2.00 bits per heavy atom. The third-order valence-electron chi connectivity index (χ3n) is 2.75. The molecular weight excluding hydrogens is 278 g/mol. The first-order chi connectivity index (χ1) is 9.38. The van der Waals surface area contributed by atoms with Gasteiger partial charge in [-0.3, -0.25) is 10.0 Å². The van der Waals surface area contributed by atoms with E-state index in [0.29, 0.717) is 17.0 Å². The van der Waals surface area contributed by atoms with Crippen LogP contribution < -0.4 is 0 Å². The molecule has 20 heavy (non-hydrogen) atoms. The number of hydrogen-bond acceptors (Lipinski definition) is 4. The van der Waals surface area contributed by atoms with Crippen LogP contribution >= 0.6 is 0 Å². The second kappa shape index (κ2) is 7.21. The molecule has 5 nitrogen and oxygen atoms in total. The molecule has 6 heteroatoms. The second-order valence-corrected chi connectivity index (χ2v) is 6.48. The third-order valence-corrected chi connectivity index (χ3v) is 4.61. The third kappa shape index (κ3) is 4.47. The van der Waals surface area contributed by atoms with Crippen LogP contribution in [-0.2, 0) is 14.6 Å². The van der Waals surface area contributed by atoms with Gasteiger partial charge in [-0.2, -0.15) is 0 Å². The smallest absolute Gasteiger partial charge is 0.269 e. The van der Waals surface area contributed by atoms with Crippen molar-refractivity contribution in [2.75, 3.05) is 12.8 Å². The number of carbonyl (C=O) groups is 1. The van der Waals surface area contributed by atoms with Gasteiger partial charge < -0.3 is 0 Å². The standard InChI is InChI=1S/C14H19NO4S/c1-3-4-11-20(18,19)13-8-6-5-7-12(13)9-10-14(16)15(2)17/h5-10,17H,3-4,11H2,1-2H3/b10-9+. The summed E-state index contributed by atoms with van der Waals surface area (Å²) in [5, 5.41) is 9.39. The van der Waals surface area contributed by atoms with Gasteiger partial charge in [-0.1, -0.05) is 31.5 Å². The Balaban J connectivity index is 3.09. The van der Waals surface area contributed by atoms with E-state index in [9.17, 15) is 13.2 Å². The Hall–Kier alpha value is -1.66. The number of nitrogens with zero attached hydrogens (tertiary/aromatic N) is 1. The number of likely N-dealkylation sites (N-methyl/N-ethyl adjacent to an activating group) is 1. The van der Waals surface area contributed by atoms with Gasteiger partial charge in [0, 0.05) is 13.1 Å². The maximum absolute atomic E-state index is 12.2. The summed E-state index contributed by atoms with van der Waals surface area (Å²) in [5.41, 5.74) is 0.443. The Morgan fingerprint density at radius 3 is 2.60 bits per heavy atom. The summed E-state index contributed by atoms with van der Waals surface area (Å²) in [5.74, 6) is -0.534. The molecule has 0 saturated heterocycles. The summed E-state index contributed by atoms with van der Waals surface area (Å²) in [6, 6.07) is 6.50. The van der Waals surface area contributed by atoms with Gasteiger partial charge in [-0.05, 0) is 24.1 Å². The minimum absolute atomic E-state index is 0.0855. The molecule has 0 aliphatic heterocycles. The predicted molar refractivity (Wildman–Crippen MR) is 77.0 cm³/mol. The van der Waals surface area contributed by atoms with Crippen LogP contribution in [0.15, 0.2) is 35.2 Å². The summed E-state index contributed by atoms with van der Waals surface area (Å²) in [7, 11) is -2.15. The molecule has 1 rings (SSSR count). The molecule has 1 N–H and O–H groups in total. The molecule has 0 heterocycles. The first kappa shape index (κ1) is 16.4. The van der Waals surface area contributed by atoms with Crippen molar-refractivity contribution >= 4 is 21.8 Å². The van der Waals surface area contributed by atoms with Gasteiger partial charge in [0.25, 0.3) is 5.91 Å². The average Bonchev–Trinajstić information content (AvgIpc) is 2.42. The van der Waals surface area contributed by atoms with Crippen LogP contribution in [0.25, 0.3) is 6.08 Å². The number of benzene rings is 1. The number of hydrogen-bond donors (Lipinski definition) is 1. The van der Waals surface area contributed by atoms with Crippen LogP contribution in [0.4, 0.5) is 0 Å². The zero-order valence-corrected chi connectivity index (χ0v) is 12.4. The van der Waals surface area contributed by atoms with E-state index in [2.05, 4.69) is 0 Å². The van der Waals surface area contributed by atoms with E-state index in [1.807, 2.05) is 6.92 Å². The lowest BCUT2D eigenvalue weighted by atomic mass is 10.2. The van der Waals surface area contributed by atoms with Crippen molar-refractivity contribution in [1.29, 1.82) is 0 Å². The molecule has 0 bridgehead atoms. The zero-order valence-electron chi connectivity index (χ0n) is 11.6. The molecular formula is C14H19NO4S. The molecule has 0 atom stereocenters. The predicted octanol–water partition coefficient (Wildman–Crippen LogP) is 2.12. The Labute approximate surface area is 119 Å². The van der Waals surface area contributed by atoms with Gasteiger partial charge in [0.15, 0.2) is 9.84 Å². The number of unbranched alkanes of at least 4 members (excludes halogenated alkanes) is 1. The molecule has 0 spiro atoms. The monoisotopic (exact) mass is 297 g/mol. The van der Waals surface area contributed by atoms with Gasteiger partial charge in [-0.15, -0.1) is 0 Å². The Kier molecular flexibility index (Phi) is 5.91. The van der Waals surface area contributed by atoms with Gasteiger partial charge >= 0.3 is 0 Å². The lowest BCUT2D eigenvalue weighted by molar-refractivity contribution is -0.153. The molecule has 0 aliphatic rings. The number of hydroxylamine groups is 2. The maximum Gasteiger partial charge on any atom is 0.269 e. The number of amides is 1. The van der Waals surface area contributed by atoms with E-state index in [-0.39, 0.29) is 10.6 Å². The van der Waals surface area contributed by atoms with E-state index >= 15 is 0 Å². The SMILES string of the molecule is CCCCS(=O)(=O)c1ccccc1/C=C/C(=O)N(C)O. The highest BCUT2D eigenvalue weighted by atomic mass is 32.2. The summed E-state index contributed by atoms with van der Waals surface area (Å²) in [4.78, 5) is 11.5. The molecule has 0 fully saturated rings. The lowest BCUT2D eigenvalue weighted by Gasteiger charge is -2.08. The molecule has 110 valence electrons. The first-order valence-electron chi connectivity index (χ1n) is 6.35. The van der Waals surface area contributed by atoms with Crippen molar-refractivity contribution in [3.8, 4) is 0 Å². The highest BCUT2D eigenvalue weighted by Gasteiger charge is 2.16. The molecule has 1 aromatic rings. The number of rotatable bonds is 6. The summed E-state index contributed by atoms with van der Waals surface area (Å²) in [6.07, 6.45) is 3.92. The van der Waals surface area contributed by atoms with Crippen molar-refractivity contribution in [3.05, 3.63) is 35.9 Å². The minimum Gasteiger partial charge on any atom is -0.286 e. The van der Waals surface area contributed by atoms with Crippen molar-refractivity contribution in [3.63, 3.8) is 0 Å². The van der Waals surface area contributed by atoms with Crippen molar-refractivity contribution < 1.29 is 18.4 Å². The van der Waals surface area contributed by atoms with Gasteiger partial charge in [0.2, 0.25) is 0 Å². The number of sulfone groups is 1. The van der Waals surface area contributed by atoms with Crippen LogP contribution in [0.3, 0.4) is 0 Å². The summed E-state index contributed by atoms with van der Waals surface area (Å²) >= 11 is 0. The van der Waals surface area contributed by atoms with Gasteiger partial charge in [-0.25, -0.2) is 13.5 Å². The normalized spacial score (nSPS) is 11.8. The second-order valence-electron chi connectivity index (χ2n) is 4.41. The zero-order chi connectivity index (χ0) is 15.2. The van der Waals surface area contributed by atoms with E-state index in [0.717, 1.165) is 12.5 Å². The van der Waals surface area contributed by atoms with E-state index in [1.165, 1.54) is 19.2 Å². The molecule has 0 aliphatic carbocycles. The van der Waals surface area contributed by atoms with Crippen LogP contribution in [0.2, 0.25) is 0 Å². The van der Waals surface area contributed by atoms with Crippen molar-refractivity contribution in [1.82, 2.24) is 5.06 Å². The van der Waals surface area contributed by atoms with Crippen LogP contribution in [-0.4, -0.2) is 37.4 Å². The molecule has 0 aromatic heterocycles. The van der Waals surface area contributed by atoms with Crippen molar-refractivity contribution in [2.45, 2.75) is 24.7 Å². The fourth-order valence-electron chi connectivity index (χ4n) is 1.61. The number of carbonyl (C=O) groups excluding carboxylic acids is 1. The minimum atomic E-state index is -3.36. The van der Waals surface area contributed by atoms with E-state index in [1.54, 1.807) is 18.2 Å². The average molecular weight is 297 g/mol. The fraction of sp³-hybridized carbons (Fsp3) is 0.357. The summed E-state index contributed by atoms with van der Waals surface area (Å²) in [6.45, 7) is 1.93. The lowest BCUT2D eigenvalue weighted by Crippen LogP contribution is -2.19. The van der Waals surface area contributed by atoms with E-state index < -0.39 is 15.7 Å². The topological polar surface area (TPSA) is 74.7 Å². The van der Waals surface area contributed by atoms with Gasteiger partial charge in [0.05, 0.1) is 10.6 Å².